The van der Waals surface area contributed by atoms with E-state index in [-0.39, 0.29) is 16.6 Å². The van der Waals surface area contributed by atoms with Crippen LogP contribution in [0.25, 0.3) is 0 Å². The van der Waals surface area contributed by atoms with Crippen molar-refractivity contribution in [3.05, 3.63) is 11.9 Å². The van der Waals surface area contributed by atoms with E-state index in [9.17, 15) is 4.79 Å². The number of hydrogen-bond acceptors (Lipinski definition) is 3. The largest absolute Gasteiger partial charge is 0.481 e. The highest BCUT2D eigenvalue weighted by atomic mass is 32.2. The Morgan fingerprint density at radius 3 is 2.40 bits per heavy atom. The fourth-order valence-electron chi connectivity index (χ4n) is 1.89. The van der Waals surface area contributed by atoms with Gasteiger partial charge in [0.25, 0.3) is 0 Å². The van der Waals surface area contributed by atoms with Crippen LogP contribution >= 0.6 is 11.8 Å². The topological polar surface area (TPSA) is 55.1 Å². The van der Waals surface area contributed by atoms with Gasteiger partial charge in [-0.3, -0.25) is 4.79 Å². The molecule has 1 aromatic heterocycles. The van der Waals surface area contributed by atoms with Gasteiger partial charge in [-0.15, -0.1) is 0 Å². The number of rotatable bonds is 6. The summed E-state index contributed by atoms with van der Waals surface area (Å²) in [5.41, 5.74) is 1.32. The van der Waals surface area contributed by atoms with E-state index in [1.807, 2.05) is 6.20 Å². The van der Waals surface area contributed by atoms with Crippen LogP contribution in [0.15, 0.2) is 11.4 Å². The molecular weight excluding hydrogens is 272 g/mol. The number of hydrogen-bond donors (Lipinski definition) is 1. The van der Waals surface area contributed by atoms with Crippen molar-refractivity contribution in [1.82, 2.24) is 9.55 Å². The molecule has 0 atom stereocenters. The molecule has 1 N–H and O–H groups in total. The lowest BCUT2D eigenvalue weighted by molar-refractivity contribution is -0.133. The highest BCUT2D eigenvalue weighted by Crippen LogP contribution is 2.32. The lowest BCUT2D eigenvalue weighted by Gasteiger charge is -2.29. The SMILES string of the molecule is CCC(C)(C)Cn1c(C(C)(C)C)cnc1SCC(=O)O. The summed E-state index contributed by atoms with van der Waals surface area (Å²) in [6.45, 7) is 14.0. The van der Waals surface area contributed by atoms with E-state index in [4.69, 9.17) is 5.11 Å². The molecule has 1 aromatic rings. The van der Waals surface area contributed by atoms with Crippen LogP contribution < -0.4 is 0 Å². The van der Waals surface area contributed by atoms with Gasteiger partial charge in [-0.2, -0.15) is 0 Å². The van der Waals surface area contributed by atoms with Gasteiger partial charge in [0, 0.05) is 23.9 Å². The van der Waals surface area contributed by atoms with Crippen LogP contribution in [0.2, 0.25) is 0 Å². The minimum Gasteiger partial charge on any atom is -0.481 e. The molecule has 0 saturated heterocycles. The molecule has 0 aliphatic heterocycles. The standard InChI is InChI=1S/C15H26N2O2S/c1-7-15(5,6)10-17-11(14(2,3)4)8-16-13(17)20-9-12(18)19/h8H,7,9-10H2,1-6H3,(H,18,19). The number of carboxylic acids is 1. The Morgan fingerprint density at radius 1 is 1.35 bits per heavy atom. The van der Waals surface area contributed by atoms with Crippen LogP contribution in [0.4, 0.5) is 0 Å². The van der Waals surface area contributed by atoms with Gasteiger partial charge in [0.15, 0.2) is 5.16 Å². The fraction of sp³-hybridized carbons (Fsp3) is 0.733. The first-order valence-electron chi connectivity index (χ1n) is 6.97. The van der Waals surface area contributed by atoms with Crippen molar-refractivity contribution in [3.63, 3.8) is 0 Å². The molecule has 0 spiro atoms. The van der Waals surface area contributed by atoms with Crippen molar-refractivity contribution < 1.29 is 9.90 Å². The Morgan fingerprint density at radius 2 is 1.95 bits per heavy atom. The Hall–Kier alpha value is -0.970. The molecule has 0 saturated carbocycles. The molecule has 1 heterocycles. The second kappa shape index (κ2) is 6.20. The molecule has 20 heavy (non-hydrogen) atoms. The third-order valence-corrected chi connectivity index (χ3v) is 4.43. The number of aromatic nitrogens is 2. The summed E-state index contributed by atoms with van der Waals surface area (Å²) in [6, 6.07) is 0. The second-order valence-electron chi connectivity index (χ2n) is 6.96. The molecule has 0 aromatic carbocycles. The molecular formula is C15H26N2O2S. The van der Waals surface area contributed by atoms with Crippen molar-refractivity contribution >= 4 is 17.7 Å². The molecule has 0 bridgehead atoms. The molecule has 0 radical (unpaired) electrons. The molecule has 4 nitrogen and oxygen atoms in total. The van der Waals surface area contributed by atoms with E-state index in [1.54, 1.807) is 0 Å². The summed E-state index contributed by atoms with van der Waals surface area (Å²) < 4.78 is 2.19. The molecule has 0 aliphatic rings. The molecule has 0 aliphatic carbocycles. The van der Waals surface area contributed by atoms with E-state index in [1.165, 1.54) is 11.8 Å². The Labute approximate surface area is 126 Å². The maximum Gasteiger partial charge on any atom is 0.313 e. The van der Waals surface area contributed by atoms with Gasteiger partial charge in [0.2, 0.25) is 0 Å². The molecule has 1 rings (SSSR count). The van der Waals surface area contributed by atoms with Gasteiger partial charge in [0.1, 0.15) is 0 Å². The third kappa shape index (κ3) is 4.54. The van der Waals surface area contributed by atoms with Gasteiger partial charge in [0.05, 0.1) is 5.75 Å². The predicted molar refractivity (Wildman–Crippen MR) is 83.4 cm³/mol. The minimum atomic E-state index is -0.809. The van der Waals surface area contributed by atoms with Crippen LogP contribution in [0.5, 0.6) is 0 Å². The lowest BCUT2D eigenvalue weighted by Crippen LogP contribution is -2.25. The number of aliphatic carboxylic acids is 1. The van der Waals surface area contributed by atoms with Crippen LogP contribution in [-0.2, 0) is 16.8 Å². The highest BCUT2D eigenvalue weighted by molar-refractivity contribution is 7.99. The van der Waals surface area contributed by atoms with Crippen molar-refractivity contribution in [3.8, 4) is 0 Å². The number of carboxylic acid groups (broad SMARTS) is 1. The zero-order valence-electron chi connectivity index (χ0n) is 13.4. The van der Waals surface area contributed by atoms with Crippen molar-refractivity contribution in [1.29, 1.82) is 0 Å². The van der Waals surface area contributed by atoms with Gasteiger partial charge in [-0.05, 0) is 11.8 Å². The van der Waals surface area contributed by atoms with Crippen LogP contribution in [0.3, 0.4) is 0 Å². The monoisotopic (exact) mass is 298 g/mol. The van der Waals surface area contributed by atoms with Crippen molar-refractivity contribution in [2.45, 2.75) is 65.1 Å². The molecule has 0 amide bonds. The number of thioether (sulfide) groups is 1. The predicted octanol–water partition coefficient (Wildman–Crippen LogP) is 3.79. The Bertz CT molecular complexity index is 473. The maximum atomic E-state index is 10.8. The molecule has 0 unspecified atom stereocenters. The normalized spacial score (nSPS) is 12.7. The first kappa shape index (κ1) is 17.1. The molecule has 114 valence electrons. The summed E-state index contributed by atoms with van der Waals surface area (Å²) in [5.74, 6) is -0.760. The van der Waals surface area contributed by atoms with Gasteiger partial charge in [-0.25, -0.2) is 4.98 Å². The van der Waals surface area contributed by atoms with Crippen molar-refractivity contribution in [2.24, 2.45) is 5.41 Å². The summed E-state index contributed by atoms with van der Waals surface area (Å²) in [6.07, 6.45) is 2.95. The smallest absolute Gasteiger partial charge is 0.313 e. The van der Waals surface area contributed by atoms with E-state index >= 15 is 0 Å². The van der Waals surface area contributed by atoms with E-state index in [0.29, 0.717) is 0 Å². The number of carbonyl (C=O) groups is 1. The lowest BCUT2D eigenvalue weighted by atomic mass is 9.88. The minimum absolute atomic E-state index is 0.00114. The summed E-state index contributed by atoms with van der Waals surface area (Å²) in [4.78, 5) is 15.2. The number of imidazole rings is 1. The van der Waals surface area contributed by atoms with Crippen LogP contribution in [-0.4, -0.2) is 26.4 Å². The average molecular weight is 298 g/mol. The Kier molecular flexibility index (Phi) is 5.30. The quantitative estimate of drug-likeness (QED) is 0.812. The first-order valence-corrected chi connectivity index (χ1v) is 7.96. The highest BCUT2D eigenvalue weighted by Gasteiger charge is 2.26. The van der Waals surface area contributed by atoms with E-state index < -0.39 is 5.97 Å². The van der Waals surface area contributed by atoms with Gasteiger partial charge >= 0.3 is 5.97 Å². The van der Waals surface area contributed by atoms with Crippen molar-refractivity contribution in [2.75, 3.05) is 5.75 Å². The van der Waals surface area contributed by atoms with Crippen LogP contribution in [0.1, 0.15) is 53.7 Å². The molecule has 5 heteroatoms. The number of nitrogens with zero attached hydrogens (tertiary/aromatic N) is 2. The van der Waals surface area contributed by atoms with Crippen LogP contribution in [0, 0.1) is 5.41 Å². The van der Waals surface area contributed by atoms with Gasteiger partial charge < -0.3 is 9.67 Å². The second-order valence-corrected chi connectivity index (χ2v) is 7.90. The zero-order chi connectivity index (χ0) is 15.6. The van der Waals surface area contributed by atoms with E-state index in [2.05, 4.69) is 51.1 Å². The zero-order valence-corrected chi connectivity index (χ0v) is 14.2. The third-order valence-electron chi connectivity index (χ3n) is 3.46. The summed E-state index contributed by atoms with van der Waals surface area (Å²) >= 11 is 1.30. The molecule has 0 fully saturated rings. The average Bonchev–Trinajstić information content (AvgIpc) is 2.68. The maximum absolute atomic E-state index is 10.8. The van der Waals surface area contributed by atoms with Gasteiger partial charge in [-0.1, -0.05) is 53.3 Å². The Balaban J connectivity index is 3.13. The van der Waals surface area contributed by atoms with E-state index in [0.717, 1.165) is 23.8 Å². The summed E-state index contributed by atoms with van der Waals surface area (Å²) in [7, 11) is 0. The first-order chi connectivity index (χ1) is 9.07. The summed E-state index contributed by atoms with van der Waals surface area (Å²) in [5, 5.41) is 9.66. The fourth-order valence-corrected chi connectivity index (χ4v) is 2.59.